The number of nitrogens with zero attached hydrogens (tertiary/aromatic N) is 1. The minimum Gasteiger partial charge on any atom is -0.480 e. The summed E-state index contributed by atoms with van der Waals surface area (Å²) in [5.74, 6) is -1.78. The van der Waals surface area contributed by atoms with Crippen molar-refractivity contribution in [3.8, 4) is 11.1 Å². The first kappa shape index (κ1) is 23.1. The minimum atomic E-state index is -1.43. The Kier molecular flexibility index (Phi) is 6.67. The lowest BCUT2D eigenvalue weighted by Crippen LogP contribution is -2.57. The summed E-state index contributed by atoms with van der Waals surface area (Å²) >= 11 is 0. The summed E-state index contributed by atoms with van der Waals surface area (Å²) in [5, 5.41) is 12.0. The molecule has 3 rings (SSSR count). The number of ether oxygens (including phenoxy) is 1. The van der Waals surface area contributed by atoms with Crippen molar-refractivity contribution in [2.45, 2.75) is 37.8 Å². The molecule has 7 nitrogen and oxygen atoms in total. The van der Waals surface area contributed by atoms with Gasteiger partial charge in [0.2, 0.25) is 5.91 Å². The van der Waals surface area contributed by atoms with Crippen molar-refractivity contribution >= 4 is 18.0 Å². The minimum absolute atomic E-state index is 0.102. The number of carbonyl (C=O) groups excluding carboxylic acids is 2. The largest absolute Gasteiger partial charge is 0.480 e. The molecular weight excluding hydrogens is 408 g/mol. The van der Waals surface area contributed by atoms with E-state index >= 15 is 0 Å². The molecular formula is C25H28N2O5. The number of likely N-dealkylation sites (N-methyl/N-ethyl adjacent to an activating group) is 1. The van der Waals surface area contributed by atoms with E-state index in [1.165, 1.54) is 27.0 Å². The van der Waals surface area contributed by atoms with Crippen LogP contribution in [-0.4, -0.2) is 53.2 Å². The fourth-order valence-electron chi connectivity index (χ4n) is 3.82. The van der Waals surface area contributed by atoms with Gasteiger partial charge in [-0.05, 0) is 42.5 Å². The number of carboxylic acid groups (broad SMARTS) is 1. The van der Waals surface area contributed by atoms with Crippen LogP contribution < -0.4 is 5.32 Å². The number of nitrogens with one attached hydrogen (secondary N) is 1. The summed E-state index contributed by atoms with van der Waals surface area (Å²) in [4.78, 5) is 38.0. The summed E-state index contributed by atoms with van der Waals surface area (Å²) in [7, 11) is 1.39. The van der Waals surface area contributed by atoms with Crippen LogP contribution in [0.25, 0.3) is 11.1 Å². The normalized spacial score (nSPS) is 13.5. The SMILES string of the molecule is C=CCC(NC(=O)OCC1c2ccccc2-c2ccccc21)C(=O)N(C)C(C)(C)C(=O)O. The van der Waals surface area contributed by atoms with Crippen molar-refractivity contribution < 1.29 is 24.2 Å². The average Bonchev–Trinajstić information content (AvgIpc) is 3.10. The van der Waals surface area contributed by atoms with Crippen LogP contribution in [0.5, 0.6) is 0 Å². The number of aliphatic carboxylic acids is 1. The molecule has 1 unspecified atom stereocenters. The molecule has 2 N–H and O–H groups in total. The number of carboxylic acids is 1. The standard InChI is InChI=1S/C25H28N2O5/c1-5-10-21(22(28)27(4)25(2,3)23(29)30)26-24(31)32-15-20-18-13-8-6-11-16(18)17-12-7-9-14-19(17)20/h5-9,11-14,20-21H,1,10,15H2,2-4H3,(H,26,31)(H,29,30). The highest BCUT2D eigenvalue weighted by Crippen LogP contribution is 2.44. The number of alkyl carbamates (subject to hydrolysis) is 1. The topological polar surface area (TPSA) is 95.9 Å². The van der Waals surface area contributed by atoms with Crippen LogP contribution in [0.4, 0.5) is 4.79 Å². The molecule has 32 heavy (non-hydrogen) atoms. The van der Waals surface area contributed by atoms with Crippen LogP contribution in [-0.2, 0) is 14.3 Å². The molecule has 168 valence electrons. The van der Waals surface area contributed by atoms with Gasteiger partial charge in [0.05, 0.1) is 0 Å². The molecule has 2 aromatic carbocycles. The molecule has 0 aliphatic heterocycles. The summed E-state index contributed by atoms with van der Waals surface area (Å²) < 4.78 is 5.51. The van der Waals surface area contributed by atoms with Crippen LogP contribution in [0.1, 0.15) is 37.3 Å². The van der Waals surface area contributed by atoms with Crippen molar-refractivity contribution in [3.05, 3.63) is 72.3 Å². The van der Waals surface area contributed by atoms with Gasteiger partial charge in [-0.3, -0.25) is 4.79 Å². The maximum atomic E-state index is 12.9. The number of hydrogen-bond donors (Lipinski definition) is 2. The Hall–Kier alpha value is -3.61. The lowest BCUT2D eigenvalue weighted by atomic mass is 9.98. The van der Waals surface area contributed by atoms with Gasteiger partial charge in [0.25, 0.3) is 0 Å². The van der Waals surface area contributed by atoms with Crippen molar-refractivity contribution in [2.75, 3.05) is 13.7 Å². The zero-order valence-corrected chi connectivity index (χ0v) is 18.5. The Bertz CT molecular complexity index is 1000. The molecule has 0 saturated carbocycles. The lowest BCUT2D eigenvalue weighted by Gasteiger charge is -2.34. The van der Waals surface area contributed by atoms with Crippen molar-refractivity contribution in [2.24, 2.45) is 0 Å². The van der Waals surface area contributed by atoms with Gasteiger partial charge >= 0.3 is 12.1 Å². The summed E-state index contributed by atoms with van der Waals surface area (Å²) in [6, 6.07) is 15.0. The summed E-state index contributed by atoms with van der Waals surface area (Å²) in [6.07, 6.45) is 0.894. The van der Waals surface area contributed by atoms with Gasteiger partial charge in [-0.15, -0.1) is 6.58 Å². The number of benzene rings is 2. The van der Waals surface area contributed by atoms with Gasteiger partial charge in [-0.2, -0.15) is 0 Å². The molecule has 1 aliphatic rings. The van der Waals surface area contributed by atoms with E-state index in [0.717, 1.165) is 27.2 Å². The number of rotatable bonds is 8. The van der Waals surface area contributed by atoms with Crippen LogP contribution in [0.2, 0.25) is 0 Å². The molecule has 7 heteroatoms. The molecule has 1 atom stereocenters. The van der Waals surface area contributed by atoms with Gasteiger partial charge in [0.15, 0.2) is 0 Å². The third kappa shape index (κ3) is 4.37. The van der Waals surface area contributed by atoms with Gasteiger partial charge in [-0.1, -0.05) is 54.6 Å². The molecule has 0 bridgehead atoms. The molecule has 0 aromatic heterocycles. The van der Waals surface area contributed by atoms with Gasteiger partial charge in [0.1, 0.15) is 18.2 Å². The van der Waals surface area contributed by atoms with Crippen LogP contribution in [0, 0.1) is 0 Å². The number of carbonyl (C=O) groups is 3. The molecule has 2 aromatic rings. The zero-order chi connectivity index (χ0) is 23.5. The summed E-state index contributed by atoms with van der Waals surface area (Å²) in [5.41, 5.74) is 2.98. The fourth-order valence-corrected chi connectivity index (χ4v) is 3.82. The highest BCUT2D eigenvalue weighted by molar-refractivity contribution is 5.91. The van der Waals surface area contributed by atoms with Crippen LogP contribution in [0.3, 0.4) is 0 Å². The maximum Gasteiger partial charge on any atom is 0.407 e. The van der Waals surface area contributed by atoms with E-state index in [1.54, 1.807) is 0 Å². The molecule has 0 heterocycles. The van der Waals surface area contributed by atoms with Crippen molar-refractivity contribution in [1.29, 1.82) is 0 Å². The van der Waals surface area contributed by atoms with E-state index in [0.29, 0.717) is 0 Å². The Morgan fingerprint density at radius 3 is 2.16 bits per heavy atom. The Morgan fingerprint density at radius 2 is 1.66 bits per heavy atom. The molecule has 0 fully saturated rings. The second-order valence-electron chi connectivity index (χ2n) is 8.31. The quantitative estimate of drug-likeness (QED) is 0.614. The molecule has 0 saturated heterocycles. The van der Waals surface area contributed by atoms with E-state index in [1.807, 2.05) is 48.5 Å². The first-order chi connectivity index (χ1) is 15.2. The third-order valence-corrected chi connectivity index (χ3v) is 6.03. The monoisotopic (exact) mass is 436 g/mol. The number of fused-ring (bicyclic) bond motifs is 3. The molecule has 0 radical (unpaired) electrons. The fraction of sp³-hybridized carbons (Fsp3) is 0.320. The van der Waals surface area contributed by atoms with Crippen LogP contribution in [0.15, 0.2) is 61.2 Å². The second-order valence-corrected chi connectivity index (χ2v) is 8.31. The zero-order valence-electron chi connectivity index (χ0n) is 18.5. The Balaban J connectivity index is 1.70. The summed E-state index contributed by atoms with van der Waals surface area (Å²) in [6.45, 7) is 6.59. The highest BCUT2D eigenvalue weighted by Gasteiger charge is 2.38. The van der Waals surface area contributed by atoms with E-state index in [-0.39, 0.29) is 18.9 Å². The average molecular weight is 437 g/mol. The van der Waals surface area contributed by atoms with E-state index < -0.39 is 29.6 Å². The van der Waals surface area contributed by atoms with Crippen molar-refractivity contribution in [3.63, 3.8) is 0 Å². The predicted octanol–water partition coefficient (Wildman–Crippen LogP) is 3.79. The van der Waals surface area contributed by atoms with E-state index in [4.69, 9.17) is 4.74 Å². The maximum absolute atomic E-state index is 12.9. The predicted molar refractivity (Wildman–Crippen MR) is 121 cm³/mol. The molecule has 2 amide bonds. The molecule has 0 spiro atoms. The second kappa shape index (κ2) is 9.26. The van der Waals surface area contributed by atoms with Crippen molar-refractivity contribution in [1.82, 2.24) is 10.2 Å². The third-order valence-electron chi connectivity index (χ3n) is 6.03. The highest BCUT2D eigenvalue weighted by atomic mass is 16.5. The first-order valence-electron chi connectivity index (χ1n) is 10.4. The Morgan fingerprint density at radius 1 is 1.12 bits per heavy atom. The van der Waals surface area contributed by atoms with Gasteiger partial charge in [0, 0.05) is 13.0 Å². The van der Waals surface area contributed by atoms with Gasteiger partial charge in [-0.25, -0.2) is 9.59 Å². The van der Waals surface area contributed by atoms with Crippen LogP contribution >= 0.6 is 0 Å². The van der Waals surface area contributed by atoms with E-state index in [2.05, 4.69) is 11.9 Å². The lowest BCUT2D eigenvalue weighted by molar-refractivity contribution is -0.156. The number of hydrogen-bond acceptors (Lipinski definition) is 4. The first-order valence-corrected chi connectivity index (χ1v) is 10.4. The van der Waals surface area contributed by atoms with E-state index in [9.17, 15) is 19.5 Å². The Labute approximate surface area is 187 Å². The smallest absolute Gasteiger partial charge is 0.407 e. The number of amides is 2. The molecule has 1 aliphatic carbocycles. The van der Waals surface area contributed by atoms with Gasteiger partial charge < -0.3 is 20.1 Å².